The van der Waals surface area contributed by atoms with Crippen molar-refractivity contribution < 1.29 is 0 Å². The van der Waals surface area contributed by atoms with Crippen LogP contribution in [0.5, 0.6) is 0 Å². The van der Waals surface area contributed by atoms with Gasteiger partial charge in [-0.05, 0) is 54.2 Å². The van der Waals surface area contributed by atoms with E-state index in [9.17, 15) is 0 Å². The van der Waals surface area contributed by atoms with Gasteiger partial charge in [0.1, 0.15) is 0 Å². The smallest absolute Gasteiger partial charge is 0.0792 e. The summed E-state index contributed by atoms with van der Waals surface area (Å²) in [6, 6.07) is 0. The summed E-state index contributed by atoms with van der Waals surface area (Å²) in [6.45, 7) is 15.0. The van der Waals surface area contributed by atoms with Gasteiger partial charge in [0.05, 0.1) is 16.1 Å². The predicted molar refractivity (Wildman–Crippen MR) is 109 cm³/mol. The number of fused-ring (bicyclic) bond motifs is 5. The molecule has 22 heavy (non-hydrogen) atoms. The first-order valence-corrected chi connectivity index (χ1v) is 16.7. The maximum Gasteiger partial charge on any atom is 0.0792 e. The van der Waals surface area contributed by atoms with Crippen molar-refractivity contribution >= 4 is 60.4 Å². The molecular formula is C18H22S2Si2. The van der Waals surface area contributed by atoms with Gasteiger partial charge >= 0.3 is 0 Å². The molecule has 0 radical (unpaired) electrons. The molecule has 0 N–H and O–H groups in total. The molecule has 2 aromatic rings. The van der Waals surface area contributed by atoms with Gasteiger partial charge in [-0.3, -0.25) is 0 Å². The number of hydrogen-bond donors (Lipinski definition) is 0. The van der Waals surface area contributed by atoms with E-state index in [0.717, 1.165) is 0 Å². The molecule has 0 amide bonds. The fourth-order valence-electron chi connectivity index (χ4n) is 3.98. The van der Waals surface area contributed by atoms with E-state index >= 15 is 0 Å². The molecule has 2 heterocycles. The van der Waals surface area contributed by atoms with Crippen molar-refractivity contribution in [3.63, 3.8) is 0 Å². The van der Waals surface area contributed by atoms with Gasteiger partial charge in [0.25, 0.3) is 0 Å². The third-order valence-electron chi connectivity index (χ3n) is 4.65. The van der Waals surface area contributed by atoms with E-state index in [1.807, 2.05) is 22.7 Å². The first-order valence-electron chi connectivity index (χ1n) is 7.85. The van der Waals surface area contributed by atoms with E-state index in [4.69, 9.17) is 0 Å². The lowest BCUT2D eigenvalue weighted by Gasteiger charge is -2.20. The fourth-order valence-corrected chi connectivity index (χ4v) is 9.90. The Balaban J connectivity index is 2.18. The monoisotopic (exact) mass is 358 g/mol. The quantitative estimate of drug-likeness (QED) is 0.523. The minimum atomic E-state index is -1.38. The summed E-state index contributed by atoms with van der Waals surface area (Å²) in [6.07, 6.45) is 0. The van der Waals surface area contributed by atoms with Crippen molar-refractivity contribution in [2.75, 3.05) is 0 Å². The van der Waals surface area contributed by atoms with Crippen molar-refractivity contribution in [1.82, 2.24) is 0 Å². The average Bonchev–Trinajstić information content (AvgIpc) is 3.00. The Bertz CT molecular complexity index is 776. The van der Waals surface area contributed by atoms with E-state index in [1.165, 1.54) is 11.1 Å². The highest BCUT2D eigenvalue weighted by molar-refractivity contribution is 7.10. The Hall–Kier alpha value is -0.686. The zero-order chi connectivity index (χ0) is 15.9. The van der Waals surface area contributed by atoms with Crippen molar-refractivity contribution in [3.05, 3.63) is 43.8 Å². The van der Waals surface area contributed by atoms with Crippen LogP contribution in [0, 0.1) is 0 Å². The Labute approximate surface area is 143 Å². The molecule has 2 aliphatic rings. The predicted octanol–water partition coefficient (Wildman–Crippen LogP) is 6.71. The van der Waals surface area contributed by atoms with Gasteiger partial charge in [-0.25, -0.2) is 0 Å². The molecule has 0 aliphatic heterocycles. The molecule has 0 saturated heterocycles. The lowest BCUT2D eigenvalue weighted by Crippen LogP contribution is -2.22. The molecule has 0 saturated carbocycles. The molecule has 2 aliphatic carbocycles. The maximum absolute atomic E-state index is 2.50. The van der Waals surface area contributed by atoms with Crippen LogP contribution in [0.4, 0.5) is 0 Å². The molecule has 0 unspecified atom stereocenters. The lowest BCUT2D eigenvalue weighted by molar-refractivity contribution is 1.69. The summed E-state index contributed by atoms with van der Waals surface area (Å²) < 4.78 is 0. The second kappa shape index (κ2) is 4.44. The van der Waals surface area contributed by atoms with Gasteiger partial charge in [0.2, 0.25) is 0 Å². The summed E-state index contributed by atoms with van der Waals surface area (Å²) >= 11 is 3.75. The van der Waals surface area contributed by atoms with E-state index in [-0.39, 0.29) is 0 Å². The number of rotatable bonds is 2. The highest BCUT2D eigenvalue weighted by atomic mass is 32.1. The van der Waals surface area contributed by atoms with Crippen molar-refractivity contribution in [2.24, 2.45) is 0 Å². The second-order valence-electron chi connectivity index (χ2n) is 8.40. The molecule has 0 nitrogen and oxygen atoms in total. The van der Waals surface area contributed by atoms with Gasteiger partial charge in [0.15, 0.2) is 0 Å². The fraction of sp³-hybridized carbons (Fsp3) is 0.333. The summed E-state index contributed by atoms with van der Waals surface area (Å²) in [5, 5.41) is 13.0. The van der Waals surface area contributed by atoms with Gasteiger partial charge in [-0.1, -0.05) is 39.3 Å². The molecule has 0 spiro atoms. The molecule has 2 aromatic heterocycles. The number of hydrogen-bond acceptors (Lipinski definition) is 2. The zero-order valence-corrected chi connectivity index (χ0v) is 17.8. The van der Waals surface area contributed by atoms with Crippen LogP contribution in [0.3, 0.4) is 0 Å². The Morgan fingerprint density at radius 3 is 1.18 bits per heavy atom. The van der Waals surface area contributed by atoms with Crippen LogP contribution in [0.25, 0.3) is 21.5 Å². The number of thiophene rings is 2. The first-order chi connectivity index (χ1) is 10.2. The molecule has 114 valence electrons. The minimum Gasteiger partial charge on any atom is -0.151 e. The summed E-state index contributed by atoms with van der Waals surface area (Å²) in [4.78, 5) is 0. The largest absolute Gasteiger partial charge is 0.151 e. The van der Waals surface area contributed by atoms with Crippen LogP contribution in [0.2, 0.25) is 39.3 Å². The van der Waals surface area contributed by atoms with Crippen LogP contribution in [-0.4, -0.2) is 16.1 Å². The standard InChI is InChI=1S/C18H22S2Si2/c1-21(2,3)17-13-9-19-7-11(13)16-15(17)12-8-20-10-14(12)18(16)22(4,5)6/h7-10H,1-6H3. The van der Waals surface area contributed by atoms with E-state index < -0.39 is 16.1 Å². The summed E-state index contributed by atoms with van der Waals surface area (Å²) in [7, 11) is -2.77. The van der Waals surface area contributed by atoms with Crippen molar-refractivity contribution in [3.8, 4) is 0 Å². The SMILES string of the molecule is C[Si](C)(C)C1=C2C(=C([Si](C)(C)C)c3cscc32)c2cscc21. The topological polar surface area (TPSA) is 0 Å². The van der Waals surface area contributed by atoms with Crippen LogP contribution in [-0.2, 0) is 0 Å². The van der Waals surface area contributed by atoms with E-state index in [1.54, 1.807) is 32.7 Å². The molecule has 0 atom stereocenters. The maximum atomic E-state index is 2.50. The van der Waals surface area contributed by atoms with Crippen molar-refractivity contribution in [2.45, 2.75) is 39.3 Å². The third-order valence-corrected chi connectivity index (χ3v) is 10.2. The summed E-state index contributed by atoms with van der Waals surface area (Å²) in [5.41, 5.74) is 9.42. The van der Waals surface area contributed by atoms with Gasteiger partial charge in [-0.2, -0.15) is 22.7 Å². The zero-order valence-electron chi connectivity index (χ0n) is 14.1. The molecular weight excluding hydrogens is 337 g/mol. The molecule has 4 rings (SSSR count). The molecule has 4 heteroatoms. The Kier molecular flexibility index (Phi) is 3.00. The van der Waals surface area contributed by atoms with Crippen LogP contribution in [0.15, 0.2) is 21.5 Å². The highest BCUT2D eigenvalue weighted by Crippen LogP contribution is 2.60. The van der Waals surface area contributed by atoms with E-state index in [2.05, 4.69) is 60.8 Å². The average molecular weight is 359 g/mol. The lowest BCUT2D eigenvalue weighted by atomic mass is 10.1. The molecule has 0 fully saturated rings. The van der Waals surface area contributed by atoms with Crippen molar-refractivity contribution in [1.29, 1.82) is 0 Å². The van der Waals surface area contributed by atoms with Gasteiger partial charge in [0, 0.05) is 11.1 Å². The Morgan fingerprint density at radius 1 is 0.545 bits per heavy atom. The van der Waals surface area contributed by atoms with Crippen LogP contribution < -0.4 is 0 Å². The van der Waals surface area contributed by atoms with Gasteiger partial charge in [-0.15, -0.1) is 0 Å². The Morgan fingerprint density at radius 2 is 0.864 bits per heavy atom. The second-order valence-corrected chi connectivity index (χ2v) is 19.9. The molecule has 0 bridgehead atoms. The first kappa shape index (κ1) is 14.9. The van der Waals surface area contributed by atoms with Crippen LogP contribution >= 0.6 is 22.7 Å². The van der Waals surface area contributed by atoms with Crippen LogP contribution in [0.1, 0.15) is 22.3 Å². The van der Waals surface area contributed by atoms with E-state index in [0.29, 0.717) is 0 Å². The molecule has 0 aromatic carbocycles. The normalized spacial score (nSPS) is 17.2. The summed E-state index contributed by atoms with van der Waals surface area (Å²) in [5.74, 6) is 0. The minimum absolute atomic E-state index is 1.38. The third kappa shape index (κ3) is 1.84. The van der Waals surface area contributed by atoms with Gasteiger partial charge < -0.3 is 0 Å². The number of allylic oxidation sites excluding steroid dienone is 2. The highest BCUT2D eigenvalue weighted by Gasteiger charge is 2.43.